The smallest absolute Gasteiger partial charge is 0.331 e. The highest BCUT2D eigenvalue weighted by molar-refractivity contribution is 5.91. The second-order valence-electron chi connectivity index (χ2n) is 2.94. The van der Waals surface area contributed by atoms with E-state index in [1.807, 2.05) is 37.0 Å². The van der Waals surface area contributed by atoms with E-state index in [0.717, 1.165) is 5.56 Å². The van der Waals surface area contributed by atoms with Crippen LogP contribution in [0.4, 0.5) is 0 Å². The summed E-state index contributed by atoms with van der Waals surface area (Å²) >= 11 is 0. The fraction of sp³-hybridized carbons (Fsp3) is 0.300. The van der Waals surface area contributed by atoms with Crippen molar-refractivity contribution in [3.05, 3.63) is 29.6 Å². The molecule has 0 aromatic carbocycles. The summed E-state index contributed by atoms with van der Waals surface area (Å²) < 4.78 is 1.89. The van der Waals surface area contributed by atoms with Gasteiger partial charge in [-0.3, -0.25) is 0 Å². The van der Waals surface area contributed by atoms with E-state index < -0.39 is 5.97 Å². The Morgan fingerprint density at radius 2 is 2.38 bits per heavy atom. The summed E-state index contributed by atoms with van der Waals surface area (Å²) in [5.74, 6) is -0.841. The van der Waals surface area contributed by atoms with Crippen molar-refractivity contribution < 1.29 is 9.90 Å². The van der Waals surface area contributed by atoms with Crippen LogP contribution in [0.15, 0.2) is 24.0 Å². The number of carbonyl (C=O) groups is 1. The van der Waals surface area contributed by atoms with Crippen LogP contribution in [0.2, 0.25) is 0 Å². The minimum atomic E-state index is -0.841. The van der Waals surface area contributed by atoms with Crippen molar-refractivity contribution in [2.45, 2.75) is 13.3 Å². The Hall–Kier alpha value is -1.51. The molecule has 1 aromatic heterocycles. The molecule has 1 N–H and O–H groups in total. The Morgan fingerprint density at radius 3 is 2.77 bits per heavy atom. The van der Waals surface area contributed by atoms with E-state index in [-0.39, 0.29) is 0 Å². The van der Waals surface area contributed by atoms with E-state index >= 15 is 0 Å². The maximum Gasteiger partial charge on any atom is 0.331 e. The van der Waals surface area contributed by atoms with Gasteiger partial charge in [-0.1, -0.05) is 6.92 Å². The highest BCUT2D eigenvalue weighted by Gasteiger charge is 2.03. The van der Waals surface area contributed by atoms with E-state index in [1.165, 1.54) is 0 Å². The number of carboxylic acids is 1. The van der Waals surface area contributed by atoms with E-state index in [0.29, 0.717) is 12.0 Å². The lowest BCUT2D eigenvalue weighted by Gasteiger charge is -1.95. The van der Waals surface area contributed by atoms with Crippen LogP contribution in [0, 0.1) is 0 Å². The average Bonchev–Trinajstić information content (AvgIpc) is 2.46. The topological polar surface area (TPSA) is 42.2 Å². The van der Waals surface area contributed by atoms with Gasteiger partial charge >= 0.3 is 5.97 Å². The molecular weight excluding hydrogens is 166 g/mol. The van der Waals surface area contributed by atoms with E-state index in [9.17, 15) is 4.79 Å². The van der Waals surface area contributed by atoms with Crippen molar-refractivity contribution in [2.75, 3.05) is 0 Å². The Bertz CT molecular complexity index is 336. The number of carboxylic acid groups (broad SMARTS) is 1. The Morgan fingerprint density at radius 1 is 1.69 bits per heavy atom. The van der Waals surface area contributed by atoms with Crippen LogP contribution in [0.3, 0.4) is 0 Å². The first-order valence-corrected chi connectivity index (χ1v) is 4.19. The quantitative estimate of drug-likeness (QED) is 0.720. The van der Waals surface area contributed by atoms with Gasteiger partial charge in [0.15, 0.2) is 0 Å². The van der Waals surface area contributed by atoms with E-state index in [1.54, 1.807) is 6.08 Å². The van der Waals surface area contributed by atoms with Crippen LogP contribution in [0.5, 0.6) is 0 Å². The molecule has 0 aliphatic carbocycles. The minimum absolute atomic E-state index is 0.436. The summed E-state index contributed by atoms with van der Waals surface area (Å²) in [6.07, 6.45) is 6.02. The molecule has 70 valence electrons. The number of rotatable bonds is 3. The summed E-state index contributed by atoms with van der Waals surface area (Å²) in [6.45, 7) is 1.84. The monoisotopic (exact) mass is 179 g/mol. The number of nitrogens with zero attached hydrogens (tertiary/aromatic N) is 1. The molecule has 0 aliphatic heterocycles. The second-order valence-corrected chi connectivity index (χ2v) is 2.94. The van der Waals surface area contributed by atoms with Gasteiger partial charge in [-0.2, -0.15) is 0 Å². The highest BCUT2D eigenvalue weighted by Crippen LogP contribution is 2.09. The summed E-state index contributed by atoms with van der Waals surface area (Å²) in [5.41, 5.74) is 1.37. The third-order valence-corrected chi connectivity index (χ3v) is 1.85. The predicted octanol–water partition coefficient (Wildman–Crippen LogP) is 1.90. The Balaban J connectivity index is 2.91. The normalized spacial score (nSPS) is 11.7. The zero-order chi connectivity index (χ0) is 9.84. The number of hydrogen-bond acceptors (Lipinski definition) is 1. The molecule has 3 nitrogen and oxygen atoms in total. The molecule has 0 atom stereocenters. The van der Waals surface area contributed by atoms with Crippen LogP contribution in [0.1, 0.15) is 18.9 Å². The van der Waals surface area contributed by atoms with Crippen molar-refractivity contribution in [3.63, 3.8) is 0 Å². The van der Waals surface area contributed by atoms with Crippen molar-refractivity contribution in [3.8, 4) is 0 Å². The molecule has 0 spiro atoms. The van der Waals surface area contributed by atoms with Gasteiger partial charge in [-0.15, -0.1) is 0 Å². The fourth-order valence-corrected chi connectivity index (χ4v) is 1.13. The Kier molecular flexibility index (Phi) is 2.90. The second kappa shape index (κ2) is 3.94. The van der Waals surface area contributed by atoms with Crippen LogP contribution in [-0.4, -0.2) is 15.6 Å². The molecule has 0 radical (unpaired) electrons. The van der Waals surface area contributed by atoms with Crippen LogP contribution >= 0.6 is 0 Å². The van der Waals surface area contributed by atoms with E-state index in [2.05, 4.69) is 0 Å². The molecule has 0 aliphatic rings. The Labute approximate surface area is 77.3 Å². The van der Waals surface area contributed by atoms with Crippen LogP contribution in [0.25, 0.3) is 6.08 Å². The lowest BCUT2D eigenvalue weighted by Crippen LogP contribution is -1.98. The fourth-order valence-electron chi connectivity index (χ4n) is 1.13. The minimum Gasteiger partial charge on any atom is -0.478 e. The van der Waals surface area contributed by atoms with Gasteiger partial charge in [-0.25, -0.2) is 4.79 Å². The summed E-state index contributed by atoms with van der Waals surface area (Å²) in [4.78, 5) is 10.7. The SMILES string of the molecule is CC/C(=C\c1ccn(C)c1)C(=O)O. The van der Waals surface area contributed by atoms with Crippen molar-refractivity contribution >= 4 is 12.0 Å². The lowest BCUT2D eigenvalue weighted by molar-refractivity contribution is -0.132. The molecule has 0 bridgehead atoms. The first-order chi connectivity index (χ1) is 6.13. The van der Waals surface area contributed by atoms with Crippen molar-refractivity contribution in [1.82, 2.24) is 4.57 Å². The van der Waals surface area contributed by atoms with Gasteiger partial charge < -0.3 is 9.67 Å². The van der Waals surface area contributed by atoms with Gasteiger partial charge in [0, 0.05) is 25.0 Å². The van der Waals surface area contributed by atoms with Crippen molar-refractivity contribution in [1.29, 1.82) is 0 Å². The van der Waals surface area contributed by atoms with Gasteiger partial charge in [-0.05, 0) is 24.1 Å². The molecule has 1 heterocycles. The molecular formula is C10H13NO2. The third kappa shape index (κ3) is 2.47. The number of aryl methyl sites for hydroxylation is 1. The van der Waals surface area contributed by atoms with Gasteiger partial charge in [0.05, 0.1) is 0 Å². The predicted molar refractivity (Wildman–Crippen MR) is 51.3 cm³/mol. The first-order valence-electron chi connectivity index (χ1n) is 4.19. The van der Waals surface area contributed by atoms with Crippen LogP contribution in [-0.2, 0) is 11.8 Å². The zero-order valence-electron chi connectivity index (χ0n) is 7.82. The molecule has 3 heteroatoms. The molecule has 0 saturated heterocycles. The maximum absolute atomic E-state index is 10.7. The molecule has 0 fully saturated rings. The zero-order valence-corrected chi connectivity index (χ0v) is 7.82. The largest absolute Gasteiger partial charge is 0.478 e. The number of hydrogen-bond donors (Lipinski definition) is 1. The highest BCUT2D eigenvalue weighted by atomic mass is 16.4. The number of aliphatic carboxylic acids is 1. The average molecular weight is 179 g/mol. The summed E-state index contributed by atoms with van der Waals surface area (Å²) in [5, 5.41) is 8.77. The third-order valence-electron chi connectivity index (χ3n) is 1.85. The lowest BCUT2D eigenvalue weighted by atomic mass is 10.1. The molecule has 13 heavy (non-hydrogen) atoms. The first kappa shape index (κ1) is 9.58. The molecule has 0 amide bonds. The molecule has 0 unspecified atom stereocenters. The van der Waals surface area contributed by atoms with Gasteiger partial charge in [0.1, 0.15) is 0 Å². The molecule has 0 saturated carbocycles. The van der Waals surface area contributed by atoms with Crippen LogP contribution < -0.4 is 0 Å². The standard InChI is InChI=1S/C10H13NO2/c1-3-9(10(12)13)6-8-4-5-11(2)7-8/h4-7H,3H2,1-2H3,(H,12,13)/b9-6+. The summed E-state index contributed by atoms with van der Waals surface area (Å²) in [6, 6.07) is 1.89. The van der Waals surface area contributed by atoms with E-state index in [4.69, 9.17) is 5.11 Å². The molecule has 1 aromatic rings. The van der Waals surface area contributed by atoms with Crippen molar-refractivity contribution in [2.24, 2.45) is 7.05 Å². The summed E-state index contributed by atoms with van der Waals surface area (Å²) in [7, 11) is 1.91. The number of aromatic nitrogens is 1. The maximum atomic E-state index is 10.7. The van der Waals surface area contributed by atoms with Gasteiger partial charge in [0.2, 0.25) is 0 Å². The molecule has 1 rings (SSSR count). The van der Waals surface area contributed by atoms with Gasteiger partial charge in [0.25, 0.3) is 0 Å².